The van der Waals surface area contributed by atoms with Gasteiger partial charge in [-0.2, -0.15) is 0 Å². The summed E-state index contributed by atoms with van der Waals surface area (Å²) in [5.41, 5.74) is 0. The molecule has 0 aromatic heterocycles. The Morgan fingerprint density at radius 1 is 0.525 bits per heavy atom. The molecular formula is C50H103N2O6P. The predicted molar refractivity (Wildman–Crippen MR) is 252 cm³/mol. The van der Waals surface area contributed by atoms with Crippen molar-refractivity contribution in [3.63, 3.8) is 0 Å². The molecule has 0 aliphatic rings. The minimum Gasteiger partial charge on any atom is -0.756 e. The van der Waals surface area contributed by atoms with E-state index >= 15 is 0 Å². The van der Waals surface area contributed by atoms with E-state index in [-0.39, 0.29) is 19.1 Å². The number of rotatable bonds is 48. The maximum Gasteiger partial charge on any atom is 0.268 e. The Labute approximate surface area is 368 Å². The van der Waals surface area contributed by atoms with E-state index in [0.29, 0.717) is 23.9 Å². The second kappa shape index (κ2) is 42.8. The molecule has 3 atom stereocenters. The number of amides is 1. The summed E-state index contributed by atoms with van der Waals surface area (Å²) in [6.45, 7) is 4.70. The highest BCUT2D eigenvalue weighted by Crippen LogP contribution is 2.38. The normalized spacial score (nSPS) is 14.1. The van der Waals surface area contributed by atoms with E-state index in [1.54, 1.807) is 0 Å². The second-order valence-corrected chi connectivity index (χ2v) is 20.7. The van der Waals surface area contributed by atoms with Gasteiger partial charge < -0.3 is 28.8 Å². The monoisotopic (exact) mass is 859 g/mol. The minimum atomic E-state index is -4.55. The van der Waals surface area contributed by atoms with Crippen LogP contribution in [0.4, 0.5) is 0 Å². The highest BCUT2D eigenvalue weighted by molar-refractivity contribution is 7.45. The lowest BCUT2D eigenvalue weighted by Gasteiger charge is -2.30. The number of hydrogen-bond acceptors (Lipinski definition) is 6. The molecule has 0 saturated heterocycles. The summed E-state index contributed by atoms with van der Waals surface area (Å²) in [5, 5.41) is 13.8. The van der Waals surface area contributed by atoms with Gasteiger partial charge in [-0.15, -0.1) is 0 Å². The summed E-state index contributed by atoms with van der Waals surface area (Å²) in [6.07, 6.45) is 48.8. The van der Waals surface area contributed by atoms with Gasteiger partial charge in [0.15, 0.2) is 0 Å². The number of nitrogens with zero attached hydrogens (tertiary/aromatic N) is 1. The van der Waals surface area contributed by atoms with E-state index in [4.69, 9.17) is 9.05 Å². The number of quaternary nitrogens is 1. The standard InChI is InChI=1S/C50H103N2O6P/c1-6-8-10-12-14-15-16-17-18-19-20-21-22-23-24-25-26-27-28-29-30-31-32-33-34-35-36-38-40-42-44-50(54)51-48(49(53)43-41-39-37-13-11-9-7-2)47-58-59(55,56)57-46-45-52(3,4)5/h48-49,53H,6-47H2,1-5H3,(H-,51,54,55,56). The van der Waals surface area contributed by atoms with Gasteiger partial charge in [-0.1, -0.05) is 245 Å². The Morgan fingerprint density at radius 3 is 1.15 bits per heavy atom. The zero-order chi connectivity index (χ0) is 43.6. The number of phosphoric ester groups is 1. The molecule has 0 saturated carbocycles. The molecule has 0 aromatic carbocycles. The molecule has 0 fully saturated rings. The maximum absolute atomic E-state index is 12.8. The number of carbonyl (C=O) groups is 1. The zero-order valence-electron chi connectivity index (χ0n) is 40.2. The molecule has 0 rings (SSSR count). The first kappa shape index (κ1) is 58.5. The van der Waals surface area contributed by atoms with E-state index in [1.165, 1.54) is 199 Å². The van der Waals surface area contributed by atoms with Gasteiger partial charge in [0.2, 0.25) is 5.91 Å². The fraction of sp³-hybridized carbons (Fsp3) is 0.980. The van der Waals surface area contributed by atoms with Crippen molar-refractivity contribution < 1.29 is 32.9 Å². The van der Waals surface area contributed by atoms with Crippen LogP contribution in [0.5, 0.6) is 0 Å². The lowest BCUT2D eigenvalue weighted by atomic mass is 10.0. The third-order valence-electron chi connectivity index (χ3n) is 12.1. The van der Waals surface area contributed by atoms with Crippen molar-refractivity contribution in [3.05, 3.63) is 0 Å². The van der Waals surface area contributed by atoms with Gasteiger partial charge in [0.1, 0.15) is 13.2 Å². The van der Waals surface area contributed by atoms with Gasteiger partial charge in [0, 0.05) is 6.42 Å². The first-order chi connectivity index (χ1) is 28.5. The van der Waals surface area contributed by atoms with Crippen molar-refractivity contribution in [1.82, 2.24) is 5.32 Å². The zero-order valence-corrected chi connectivity index (χ0v) is 41.1. The molecule has 0 heterocycles. The van der Waals surface area contributed by atoms with Crippen molar-refractivity contribution in [2.75, 3.05) is 40.9 Å². The molecule has 0 aliphatic carbocycles. The lowest BCUT2D eigenvalue weighted by molar-refractivity contribution is -0.870. The van der Waals surface area contributed by atoms with Crippen LogP contribution in [-0.4, -0.2) is 68.5 Å². The van der Waals surface area contributed by atoms with E-state index in [1.807, 2.05) is 21.1 Å². The van der Waals surface area contributed by atoms with Gasteiger partial charge in [-0.05, 0) is 12.8 Å². The molecule has 0 aliphatic heterocycles. The van der Waals surface area contributed by atoms with Gasteiger partial charge in [-0.3, -0.25) is 9.36 Å². The van der Waals surface area contributed by atoms with E-state index in [0.717, 1.165) is 38.5 Å². The molecule has 354 valence electrons. The summed E-state index contributed by atoms with van der Waals surface area (Å²) < 4.78 is 23.2. The van der Waals surface area contributed by atoms with Gasteiger partial charge in [0.25, 0.3) is 7.82 Å². The highest BCUT2D eigenvalue weighted by atomic mass is 31.2. The predicted octanol–water partition coefficient (Wildman–Crippen LogP) is 14.3. The Balaban J connectivity index is 3.85. The van der Waals surface area contributed by atoms with Crippen LogP contribution in [0.25, 0.3) is 0 Å². The quantitative estimate of drug-likeness (QED) is 0.0358. The van der Waals surface area contributed by atoms with Crippen LogP contribution in [0.2, 0.25) is 0 Å². The average Bonchev–Trinajstić information content (AvgIpc) is 3.19. The van der Waals surface area contributed by atoms with Crippen molar-refractivity contribution in [2.24, 2.45) is 0 Å². The SMILES string of the molecule is CCCCCCCCCCCCCCCCCCCCCCCCCCCCCCCCC(=O)NC(COP(=O)([O-])OCC[N+](C)(C)C)C(O)CCCCCCCCC. The molecular weight excluding hydrogens is 756 g/mol. The fourth-order valence-electron chi connectivity index (χ4n) is 7.98. The van der Waals surface area contributed by atoms with Crippen molar-refractivity contribution in [1.29, 1.82) is 0 Å². The molecule has 8 nitrogen and oxygen atoms in total. The fourth-order valence-corrected chi connectivity index (χ4v) is 8.71. The summed E-state index contributed by atoms with van der Waals surface area (Å²) >= 11 is 0. The number of aliphatic hydroxyl groups is 1. The molecule has 0 aromatic rings. The molecule has 1 amide bonds. The maximum atomic E-state index is 12.8. The number of carbonyl (C=O) groups excluding carboxylic acids is 1. The minimum absolute atomic E-state index is 0.0154. The number of nitrogens with one attached hydrogen (secondary N) is 1. The summed E-state index contributed by atoms with van der Waals surface area (Å²) in [6, 6.07) is -0.791. The van der Waals surface area contributed by atoms with Crippen molar-refractivity contribution in [3.8, 4) is 0 Å². The molecule has 59 heavy (non-hydrogen) atoms. The third-order valence-corrected chi connectivity index (χ3v) is 13.1. The van der Waals surface area contributed by atoms with Crippen LogP contribution >= 0.6 is 7.82 Å². The lowest BCUT2D eigenvalue weighted by Crippen LogP contribution is -2.46. The Hall–Kier alpha value is -0.500. The van der Waals surface area contributed by atoms with Crippen LogP contribution < -0.4 is 10.2 Å². The van der Waals surface area contributed by atoms with Crippen LogP contribution in [0.3, 0.4) is 0 Å². The smallest absolute Gasteiger partial charge is 0.268 e. The number of likely N-dealkylation sites (N-methyl/N-ethyl adjacent to an activating group) is 1. The number of hydrogen-bond donors (Lipinski definition) is 2. The molecule has 2 N–H and O–H groups in total. The highest BCUT2D eigenvalue weighted by Gasteiger charge is 2.24. The molecule has 9 heteroatoms. The summed E-state index contributed by atoms with van der Waals surface area (Å²) in [7, 11) is 1.32. The molecule has 0 spiro atoms. The van der Waals surface area contributed by atoms with E-state index in [9.17, 15) is 19.4 Å². The first-order valence-electron chi connectivity index (χ1n) is 25.9. The Morgan fingerprint density at radius 2 is 0.831 bits per heavy atom. The largest absolute Gasteiger partial charge is 0.756 e. The van der Waals surface area contributed by atoms with Crippen molar-refractivity contribution in [2.45, 2.75) is 276 Å². The Bertz CT molecular complexity index is 932. The topological polar surface area (TPSA) is 108 Å². The van der Waals surface area contributed by atoms with E-state index in [2.05, 4.69) is 19.2 Å². The number of aliphatic hydroxyl groups excluding tert-OH is 1. The molecule has 0 bridgehead atoms. The third kappa shape index (κ3) is 45.3. The van der Waals surface area contributed by atoms with Crippen LogP contribution in [0.15, 0.2) is 0 Å². The van der Waals surface area contributed by atoms with Crippen LogP contribution in [0.1, 0.15) is 264 Å². The molecule has 0 radical (unpaired) electrons. The summed E-state index contributed by atoms with van der Waals surface area (Å²) in [5.74, 6) is -0.163. The number of unbranched alkanes of at least 4 members (excludes halogenated alkanes) is 35. The van der Waals surface area contributed by atoms with E-state index < -0.39 is 20.0 Å². The average molecular weight is 859 g/mol. The van der Waals surface area contributed by atoms with Crippen LogP contribution in [-0.2, 0) is 18.4 Å². The van der Waals surface area contributed by atoms with Crippen molar-refractivity contribution >= 4 is 13.7 Å². The molecule has 3 unspecified atom stereocenters. The first-order valence-corrected chi connectivity index (χ1v) is 27.3. The van der Waals surface area contributed by atoms with Gasteiger partial charge >= 0.3 is 0 Å². The number of phosphoric acid groups is 1. The van der Waals surface area contributed by atoms with Gasteiger partial charge in [-0.25, -0.2) is 0 Å². The summed E-state index contributed by atoms with van der Waals surface area (Å²) in [4.78, 5) is 25.3. The van der Waals surface area contributed by atoms with Gasteiger partial charge in [0.05, 0.1) is 39.9 Å². The Kier molecular flexibility index (Phi) is 42.4. The second-order valence-electron chi connectivity index (χ2n) is 19.2. The van der Waals surface area contributed by atoms with Crippen LogP contribution in [0, 0.1) is 0 Å².